The highest BCUT2D eigenvalue weighted by Gasteiger charge is 2.14. The van der Waals surface area contributed by atoms with E-state index in [1.807, 2.05) is 19.1 Å². The number of methoxy groups -OCH3 is 1. The molecule has 1 unspecified atom stereocenters. The number of rotatable bonds is 4. The molecule has 0 saturated carbocycles. The Morgan fingerprint density at radius 3 is 2.79 bits per heavy atom. The smallest absolute Gasteiger partial charge is 0.0674 e. The highest BCUT2D eigenvalue weighted by atomic mass is 35.5. The van der Waals surface area contributed by atoms with Crippen LogP contribution in [0.1, 0.15) is 24.9 Å². The summed E-state index contributed by atoms with van der Waals surface area (Å²) in [4.78, 5) is 2.32. The summed E-state index contributed by atoms with van der Waals surface area (Å²) < 4.78 is 5.16. The minimum Gasteiger partial charge on any atom is -0.380 e. The number of anilines is 1. The molecule has 0 bridgehead atoms. The number of ether oxygens (including phenoxy) is 1. The molecule has 0 amide bonds. The number of benzene rings is 1. The molecule has 19 heavy (non-hydrogen) atoms. The van der Waals surface area contributed by atoms with Gasteiger partial charge in [-0.3, -0.25) is 0 Å². The van der Waals surface area contributed by atoms with Crippen molar-refractivity contribution in [3.8, 4) is 0 Å². The quantitative estimate of drug-likeness (QED) is 0.861. The maximum atomic E-state index is 6.28. The van der Waals surface area contributed by atoms with E-state index in [1.54, 1.807) is 7.11 Å². The molecule has 4 heteroatoms. The molecule has 0 radical (unpaired) electrons. The monoisotopic (exact) mass is 280 g/mol. The Morgan fingerprint density at radius 2 is 2.26 bits per heavy atom. The van der Waals surface area contributed by atoms with Crippen molar-refractivity contribution >= 4 is 17.3 Å². The van der Waals surface area contributed by atoms with Crippen LogP contribution >= 0.6 is 11.6 Å². The van der Waals surface area contributed by atoms with Crippen LogP contribution in [0, 0.1) is 0 Å². The summed E-state index contributed by atoms with van der Waals surface area (Å²) in [5, 5.41) is 0.749. The van der Waals surface area contributed by atoms with Gasteiger partial charge in [-0.2, -0.15) is 0 Å². The van der Waals surface area contributed by atoms with Gasteiger partial charge in [0.15, 0.2) is 0 Å². The molecule has 0 aliphatic carbocycles. The van der Waals surface area contributed by atoms with Crippen LogP contribution in [0.5, 0.6) is 0 Å². The molecule has 1 aromatic rings. The van der Waals surface area contributed by atoms with Crippen LogP contribution in [0.3, 0.4) is 0 Å². The highest BCUT2D eigenvalue weighted by molar-refractivity contribution is 6.31. The molecule has 1 atom stereocenters. The van der Waals surface area contributed by atoms with Crippen LogP contribution in [-0.4, -0.2) is 26.8 Å². The first-order chi connectivity index (χ1) is 9.11. The van der Waals surface area contributed by atoms with E-state index in [0.29, 0.717) is 0 Å². The fraction of sp³-hybridized carbons (Fsp3) is 0.467. The standard InChI is InChI=1S/C15H21ClN2O/c1-11(17)14-4-3-13(9-15(14)16)18-7-5-12(6-8-18)10-19-2/h3-5,9,11H,6-8,10,17H2,1-2H3. The van der Waals surface area contributed by atoms with E-state index in [2.05, 4.69) is 17.0 Å². The maximum Gasteiger partial charge on any atom is 0.0674 e. The van der Waals surface area contributed by atoms with Crippen molar-refractivity contribution in [3.63, 3.8) is 0 Å². The second kappa shape index (κ2) is 6.42. The van der Waals surface area contributed by atoms with Gasteiger partial charge in [0.2, 0.25) is 0 Å². The number of hydrogen-bond acceptors (Lipinski definition) is 3. The summed E-state index contributed by atoms with van der Waals surface area (Å²) in [6, 6.07) is 6.10. The Labute approximate surface area is 120 Å². The average molecular weight is 281 g/mol. The summed E-state index contributed by atoms with van der Waals surface area (Å²) >= 11 is 6.28. The lowest BCUT2D eigenvalue weighted by Crippen LogP contribution is -2.29. The molecule has 3 nitrogen and oxygen atoms in total. The molecular weight excluding hydrogens is 260 g/mol. The number of nitrogens with two attached hydrogens (primary N) is 1. The van der Waals surface area contributed by atoms with Crippen molar-refractivity contribution in [3.05, 3.63) is 40.4 Å². The fourth-order valence-electron chi connectivity index (χ4n) is 2.34. The van der Waals surface area contributed by atoms with Crippen molar-refractivity contribution in [2.24, 2.45) is 5.73 Å². The Bertz CT molecular complexity index is 471. The summed E-state index contributed by atoms with van der Waals surface area (Å²) in [6.45, 7) is 4.59. The van der Waals surface area contributed by atoms with Gasteiger partial charge in [0, 0.05) is 37.0 Å². The van der Waals surface area contributed by atoms with E-state index in [9.17, 15) is 0 Å². The Kier molecular flexibility index (Phi) is 4.86. The molecular formula is C15H21ClN2O. The number of nitrogens with zero attached hydrogens (tertiary/aromatic N) is 1. The largest absolute Gasteiger partial charge is 0.380 e. The van der Waals surface area contributed by atoms with Crippen molar-refractivity contribution in [1.29, 1.82) is 0 Å². The first kappa shape index (κ1) is 14.4. The van der Waals surface area contributed by atoms with Gasteiger partial charge in [-0.1, -0.05) is 23.7 Å². The summed E-state index contributed by atoms with van der Waals surface area (Å²) in [6.07, 6.45) is 3.28. The molecule has 104 valence electrons. The van der Waals surface area contributed by atoms with Crippen LogP contribution < -0.4 is 10.6 Å². The number of halogens is 1. The third-order valence-electron chi connectivity index (χ3n) is 3.47. The zero-order valence-corrected chi connectivity index (χ0v) is 12.3. The highest BCUT2D eigenvalue weighted by Crippen LogP contribution is 2.28. The number of hydrogen-bond donors (Lipinski definition) is 1. The zero-order valence-electron chi connectivity index (χ0n) is 11.5. The SMILES string of the molecule is COCC1=CCN(c2ccc(C(C)N)c(Cl)c2)CC1. The minimum absolute atomic E-state index is 0.0314. The Balaban J connectivity index is 2.10. The van der Waals surface area contributed by atoms with Crippen LogP contribution in [0.4, 0.5) is 5.69 Å². The molecule has 1 aliphatic heterocycles. The molecule has 0 fully saturated rings. The Hall–Kier alpha value is -1.03. The molecule has 1 heterocycles. The van der Waals surface area contributed by atoms with Crippen LogP contribution in [0.25, 0.3) is 0 Å². The van der Waals surface area contributed by atoms with Gasteiger partial charge < -0.3 is 15.4 Å². The lowest BCUT2D eigenvalue weighted by Gasteiger charge is -2.29. The third kappa shape index (κ3) is 3.50. The topological polar surface area (TPSA) is 38.5 Å². The van der Waals surface area contributed by atoms with E-state index in [-0.39, 0.29) is 6.04 Å². The van der Waals surface area contributed by atoms with Gasteiger partial charge in [0.05, 0.1) is 6.61 Å². The minimum atomic E-state index is -0.0314. The Morgan fingerprint density at radius 1 is 1.47 bits per heavy atom. The molecule has 0 saturated heterocycles. The zero-order chi connectivity index (χ0) is 13.8. The van der Waals surface area contributed by atoms with E-state index in [4.69, 9.17) is 22.1 Å². The molecule has 0 aromatic heterocycles. The van der Waals surface area contributed by atoms with E-state index in [1.165, 1.54) is 5.57 Å². The summed E-state index contributed by atoms with van der Waals surface area (Å²) in [7, 11) is 1.74. The van der Waals surface area contributed by atoms with Gasteiger partial charge >= 0.3 is 0 Å². The van der Waals surface area contributed by atoms with E-state index < -0.39 is 0 Å². The van der Waals surface area contributed by atoms with Crippen LogP contribution in [0.2, 0.25) is 5.02 Å². The summed E-state index contributed by atoms with van der Waals surface area (Å²) in [5.74, 6) is 0. The molecule has 0 spiro atoms. The lowest BCUT2D eigenvalue weighted by molar-refractivity contribution is 0.222. The van der Waals surface area contributed by atoms with E-state index >= 15 is 0 Å². The summed E-state index contributed by atoms with van der Waals surface area (Å²) in [5.41, 5.74) is 9.40. The van der Waals surface area contributed by atoms with Gasteiger partial charge in [-0.15, -0.1) is 0 Å². The van der Waals surface area contributed by atoms with Gasteiger partial charge in [0.25, 0.3) is 0 Å². The van der Waals surface area contributed by atoms with Crippen molar-refractivity contribution in [1.82, 2.24) is 0 Å². The van der Waals surface area contributed by atoms with Crippen LogP contribution in [-0.2, 0) is 4.74 Å². The fourth-order valence-corrected chi connectivity index (χ4v) is 2.69. The predicted molar refractivity (Wildman–Crippen MR) is 80.8 cm³/mol. The maximum absolute atomic E-state index is 6.28. The van der Waals surface area contributed by atoms with Gasteiger partial charge in [-0.05, 0) is 36.6 Å². The second-order valence-corrected chi connectivity index (χ2v) is 5.39. The van der Waals surface area contributed by atoms with E-state index in [0.717, 1.165) is 42.4 Å². The molecule has 1 aliphatic rings. The molecule has 1 aromatic carbocycles. The average Bonchev–Trinajstić information content (AvgIpc) is 2.39. The molecule has 2 rings (SSSR count). The third-order valence-corrected chi connectivity index (χ3v) is 3.80. The van der Waals surface area contributed by atoms with Crippen molar-refractivity contribution < 1.29 is 4.74 Å². The van der Waals surface area contributed by atoms with Crippen molar-refractivity contribution in [2.75, 3.05) is 31.7 Å². The lowest BCUT2D eigenvalue weighted by atomic mass is 10.1. The second-order valence-electron chi connectivity index (χ2n) is 4.99. The normalized spacial score (nSPS) is 17.3. The van der Waals surface area contributed by atoms with Gasteiger partial charge in [0.1, 0.15) is 0 Å². The van der Waals surface area contributed by atoms with Crippen LogP contribution in [0.15, 0.2) is 29.8 Å². The van der Waals surface area contributed by atoms with Crippen molar-refractivity contribution in [2.45, 2.75) is 19.4 Å². The molecule has 2 N–H and O–H groups in total. The first-order valence-corrected chi connectivity index (χ1v) is 6.96. The van der Waals surface area contributed by atoms with Gasteiger partial charge in [-0.25, -0.2) is 0 Å². The first-order valence-electron chi connectivity index (χ1n) is 6.58. The predicted octanol–water partition coefficient (Wildman–Crippen LogP) is 3.14.